The number of oxime groups is 1. The number of hydrogen-bond donors (Lipinski definition) is 3. The Morgan fingerprint density at radius 1 is 1.03 bits per heavy atom. The highest BCUT2D eigenvalue weighted by molar-refractivity contribution is 6.03. The lowest BCUT2D eigenvalue weighted by atomic mass is 9.55. The fraction of sp³-hybridized carbons (Fsp3) is 0.468. The van der Waals surface area contributed by atoms with Crippen LogP contribution in [-0.4, -0.2) is 82.7 Å². The monoisotopic (exact) mass is 872 g/mol. The molecule has 3 aromatic carbocycles. The maximum atomic E-state index is 14.4. The zero-order chi connectivity index (χ0) is 44.9. The van der Waals surface area contributed by atoms with Gasteiger partial charge in [0, 0.05) is 56.3 Å². The molecule has 338 valence electrons. The smallest absolute Gasteiger partial charge is 0.412 e. The zero-order valence-electron chi connectivity index (χ0n) is 35.8. The number of halogens is 1. The number of unbranched alkanes of at least 4 members (excludes halogenated alkanes) is 2. The zero-order valence-corrected chi connectivity index (χ0v) is 35.8. The maximum absolute atomic E-state index is 14.4. The van der Waals surface area contributed by atoms with Crippen LogP contribution in [0.2, 0.25) is 0 Å². The maximum Gasteiger partial charge on any atom is 0.412 e. The van der Waals surface area contributed by atoms with Crippen molar-refractivity contribution in [1.29, 1.82) is 0 Å². The lowest BCUT2D eigenvalue weighted by Crippen LogP contribution is -2.70. The summed E-state index contributed by atoms with van der Waals surface area (Å²) in [5.74, 6) is -2.57. The number of benzene rings is 3. The molecule has 3 aromatic rings. The number of nitrogens with zero attached hydrogens (tertiary/aromatic N) is 3. The van der Waals surface area contributed by atoms with Gasteiger partial charge in [0.1, 0.15) is 30.0 Å². The molecule has 15 nitrogen and oxygen atoms in total. The fourth-order valence-corrected chi connectivity index (χ4v) is 9.19. The summed E-state index contributed by atoms with van der Waals surface area (Å²) in [7, 11) is 0. The van der Waals surface area contributed by atoms with Crippen molar-refractivity contribution in [1.82, 2.24) is 10.2 Å². The number of carbonyl (C=O) groups is 2. The third kappa shape index (κ3) is 10.9. The van der Waals surface area contributed by atoms with Gasteiger partial charge < -0.3 is 39.3 Å². The van der Waals surface area contributed by atoms with E-state index in [0.717, 1.165) is 17.6 Å². The number of ether oxygens (including phenoxy) is 4. The Morgan fingerprint density at radius 2 is 1.75 bits per heavy atom. The molecule has 0 bridgehead atoms. The number of rotatable bonds is 21. The summed E-state index contributed by atoms with van der Waals surface area (Å²) in [6.45, 7) is 7.90. The lowest BCUT2D eigenvalue weighted by Gasteiger charge is -2.59. The Bertz CT molecular complexity index is 2110. The molecule has 0 aromatic heterocycles. The van der Waals surface area contributed by atoms with E-state index in [9.17, 15) is 34.3 Å². The lowest BCUT2D eigenvalue weighted by molar-refractivity contribution is -0.384. The third-order valence-electron chi connectivity index (χ3n) is 11.9. The Labute approximate surface area is 366 Å². The number of aliphatic hydroxyl groups is 2. The number of allylic oxidation sites excluding steroid dienone is 1. The summed E-state index contributed by atoms with van der Waals surface area (Å²) in [6, 6.07) is 16.1. The van der Waals surface area contributed by atoms with Gasteiger partial charge in [-0.25, -0.2) is 14.0 Å². The van der Waals surface area contributed by atoms with Gasteiger partial charge in [0.05, 0.1) is 29.8 Å². The minimum absolute atomic E-state index is 0.0105. The van der Waals surface area contributed by atoms with Crippen LogP contribution in [-0.2, 0) is 27.5 Å². The fourth-order valence-electron chi connectivity index (χ4n) is 9.19. The largest absolute Gasteiger partial charge is 0.459 e. The minimum Gasteiger partial charge on any atom is -0.459 e. The first kappa shape index (κ1) is 46.7. The van der Waals surface area contributed by atoms with Crippen molar-refractivity contribution in [3.8, 4) is 11.5 Å². The van der Waals surface area contributed by atoms with Crippen LogP contribution in [0, 0.1) is 33.7 Å². The first-order valence-electron chi connectivity index (χ1n) is 21.6. The standard InChI is InChI=1S/C47H57FN4O11/c1-4-25-60-47-42(51(46(56)59-6-3)29-31-13-17-34(48)18-14-31)28-40(50-61-30-32-15-19-35(20-16-32)52(57)58)38-26-33(11-7-9-23-53)37(12-8-10-24-54)43(44(38)47)39-27-36(21-22-41(39)63-47)62-45(55)49-5-2/h4,13-22,26-27,33,37,42-44,53-54H,1,5-12,23-25,28-30H2,2-3H3,(H,49,55)/t33-,37+,42-,43+,44+,47+/m0/s1. The molecule has 3 aliphatic rings. The number of fused-ring (bicyclic) bond motifs is 2. The Morgan fingerprint density at radius 3 is 2.41 bits per heavy atom. The Kier molecular flexibility index (Phi) is 16.3. The van der Waals surface area contributed by atoms with Gasteiger partial charge in [-0.15, -0.1) is 6.58 Å². The van der Waals surface area contributed by atoms with Gasteiger partial charge in [-0.05, 0) is 111 Å². The first-order chi connectivity index (χ1) is 30.6. The van der Waals surface area contributed by atoms with Crippen LogP contribution in [0.5, 0.6) is 11.5 Å². The summed E-state index contributed by atoms with van der Waals surface area (Å²) < 4.78 is 39.9. The van der Waals surface area contributed by atoms with E-state index in [2.05, 4.69) is 18.0 Å². The van der Waals surface area contributed by atoms with Gasteiger partial charge >= 0.3 is 12.2 Å². The highest BCUT2D eigenvalue weighted by atomic mass is 19.1. The van der Waals surface area contributed by atoms with Crippen molar-refractivity contribution >= 4 is 23.6 Å². The number of nitro benzene ring substituents is 1. The second-order valence-corrected chi connectivity index (χ2v) is 15.8. The van der Waals surface area contributed by atoms with Crippen LogP contribution >= 0.6 is 0 Å². The van der Waals surface area contributed by atoms with Crippen molar-refractivity contribution in [2.24, 2.45) is 22.9 Å². The molecule has 0 unspecified atom stereocenters. The van der Waals surface area contributed by atoms with Crippen LogP contribution in [0.4, 0.5) is 19.7 Å². The summed E-state index contributed by atoms with van der Waals surface area (Å²) in [5.41, 5.74) is 3.22. The van der Waals surface area contributed by atoms with Gasteiger partial charge in [-0.3, -0.25) is 15.0 Å². The number of carbonyl (C=O) groups excluding carboxylic acids is 2. The van der Waals surface area contributed by atoms with Gasteiger partial charge in [-0.2, -0.15) is 0 Å². The molecular weight excluding hydrogens is 816 g/mol. The molecule has 0 spiro atoms. The van der Waals surface area contributed by atoms with Crippen molar-refractivity contribution in [2.75, 3.05) is 33.0 Å². The number of non-ortho nitro benzene ring substituents is 1. The summed E-state index contributed by atoms with van der Waals surface area (Å²) >= 11 is 0. The van der Waals surface area contributed by atoms with Crippen LogP contribution in [0.15, 0.2) is 96.2 Å². The molecule has 1 saturated carbocycles. The molecule has 1 fully saturated rings. The van der Waals surface area contributed by atoms with Crippen molar-refractivity contribution in [3.05, 3.63) is 124 Å². The summed E-state index contributed by atoms with van der Waals surface area (Å²) in [5, 5.41) is 38.6. The molecule has 6 atom stereocenters. The Balaban J connectivity index is 1.59. The number of nitro groups is 1. The van der Waals surface area contributed by atoms with Crippen LogP contribution in [0.3, 0.4) is 0 Å². The topological polar surface area (TPSA) is 192 Å². The van der Waals surface area contributed by atoms with E-state index < -0.39 is 46.6 Å². The van der Waals surface area contributed by atoms with Gasteiger partial charge in [0.2, 0.25) is 5.79 Å². The SMILES string of the molecule is C=CCO[C@@]12Oc3ccc(OC(=O)NCC)cc3[C@H]3[C@H](CCCCO)[C@@H](CCCCO)C=C(C(=NOCc4ccc([N+](=O)[O-])cc4)C[C@@H]1N(Cc1ccc(F)cc1)C(=O)OCC)[C@H]32. The summed E-state index contributed by atoms with van der Waals surface area (Å²) in [4.78, 5) is 45.6. The molecule has 2 amide bonds. The van der Waals surface area contributed by atoms with E-state index in [-0.39, 0.29) is 63.5 Å². The highest BCUT2D eigenvalue weighted by Gasteiger charge is 2.65. The molecule has 2 aliphatic carbocycles. The van der Waals surface area contributed by atoms with Crippen molar-refractivity contribution in [2.45, 2.75) is 89.7 Å². The molecule has 0 saturated heterocycles. The van der Waals surface area contributed by atoms with E-state index in [1.54, 1.807) is 56.3 Å². The van der Waals surface area contributed by atoms with Crippen LogP contribution < -0.4 is 14.8 Å². The van der Waals surface area contributed by atoms with E-state index in [4.69, 9.17) is 28.9 Å². The predicted molar refractivity (Wildman–Crippen MR) is 232 cm³/mol. The third-order valence-corrected chi connectivity index (χ3v) is 11.9. The van der Waals surface area contributed by atoms with Gasteiger partial charge in [0.25, 0.3) is 5.69 Å². The van der Waals surface area contributed by atoms with E-state index in [1.165, 1.54) is 29.2 Å². The molecule has 0 radical (unpaired) electrons. The normalized spacial score (nSPS) is 22.7. The molecule has 16 heteroatoms. The first-order valence-corrected chi connectivity index (χ1v) is 21.6. The van der Waals surface area contributed by atoms with E-state index in [0.29, 0.717) is 67.0 Å². The highest BCUT2D eigenvalue weighted by Crippen LogP contribution is 2.62. The molecular formula is C47H57FN4O11. The molecule has 63 heavy (non-hydrogen) atoms. The van der Waals surface area contributed by atoms with Crippen molar-refractivity contribution in [3.63, 3.8) is 0 Å². The van der Waals surface area contributed by atoms with Crippen LogP contribution in [0.1, 0.15) is 81.4 Å². The minimum atomic E-state index is -1.62. The quantitative estimate of drug-likeness (QED) is 0.0404. The van der Waals surface area contributed by atoms with Gasteiger partial charge in [-0.1, -0.05) is 42.3 Å². The Hall–Kier alpha value is -5.84. The average molecular weight is 873 g/mol. The molecule has 6 rings (SSSR count). The second-order valence-electron chi connectivity index (χ2n) is 15.8. The van der Waals surface area contributed by atoms with Crippen LogP contribution in [0.25, 0.3) is 0 Å². The second kappa shape index (κ2) is 22.0. The molecule has 1 heterocycles. The summed E-state index contributed by atoms with van der Waals surface area (Å²) in [6.07, 6.45) is 6.53. The number of nitrogens with one attached hydrogen (secondary N) is 1. The number of amides is 2. The van der Waals surface area contributed by atoms with E-state index in [1.807, 2.05) is 6.07 Å². The van der Waals surface area contributed by atoms with Gasteiger partial charge in [0.15, 0.2) is 0 Å². The van der Waals surface area contributed by atoms with Crippen molar-refractivity contribution < 1.29 is 52.9 Å². The van der Waals surface area contributed by atoms with E-state index >= 15 is 0 Å². The number of hydrogen-bond acceptors (Lipinski definition) is 12. The predicted octanol–water partition coefficient (Wildman–Crippen LogP) is 8.33. The number of aliphatic hydroxyl groups excluding tert-OH is 2. The molecule has 3 N–H and O–H groups in total. The average Bonchev–Trinajstić information content (AvgIpc) is 3.27. The molecule has 1 aliphatic heterocycles.